The SMILES string of the molecule is CC1CN(c2c(F)cc3c(=O)ccn(C4CC4)c3c2F)CCN1. The topological polar surface area (TPSA) is 37.3 Å². The Morgan fingerprint density at radius 2 is 2.09 bits per heavy atom. The van der Waals surface area contributed by atoms with Gasteiger partial charge in [0.2, 0.25) is 0 Å². The fourth-order valence-electron chi connectivity index (χ4n) is 3.43. The lowest BCUT2D eigenvalue weighted by molar-refractivity contribution is 0.470. The number of fused-ring (bicyclic) bond motifs is 1. The fourth-order valence-corrected chi connectivity index (χ4v) is 3.43. The smallest absolute Gasteiger partial charge is 0.189 e. The van der Waals surface area contributed by atoms with Crippen LogP contribution in [0.25, 0.3) is 10.9 Å². The number of hydrogen-bond donors (Lipinski definition) is 1. The highest BCUT2D eigenvalue weighted by molar-refractivity contribution is 5.84. The summed E-state index contributed by atoms with van der Waals surface area (Å²) < 4.78 is 31.6. The van der Waals surface area contributed by atoms with Crippen molar-refractivity contribution < 1.29 is 8.78 Å². The second-order valence-electron chi connectivity index (χ2n) is 6.54. The van der Waals surface area contributed by atoms with E-state index in [1.54, 1.807) is 15.7 Å². The van der Waals surface area contributed by atoms with Crippen molar-refractivity contribution in [2.75, 3.05) is 24.5 Å². The molecule has 1 aromatic carbocycles. The summed E-state index contributed by atoms with van der Waals surface area (Å²) in [4.78, 5) is 13.8. The average Bonchev–Trinajstić information content (AvgIpc) is 3.33. The number of aromatic nitrogens is 1. The summed E-state index contributed by atoms with van der Waals surface area (Å²) in [7, 11) is 0. The average molecular weight is 319 g/mol. The van der Waals surface area contributed by atoms with Gasteiger partial charge in [0.15, 0.2) is 11.2 Å². The monoisotopic (exact) mass is 319 g/mol. The Hall–Kier alpha value is -1.95. The van der Waals surface area contributed by atoms with Crippen LogP contribution < -0.4 is 15.6 Å². The molecule has 0 radical (unpaired) electrons. The van der Waals surface area contributed by atoms with Crippen LogP contribution in [-0.2, 0) is 0 Å². The zero-order valence-corrected chi connectivity index (χ0v) is 13.0. The Balaban J connectivity index is 1.95. The Bertz CT molecular complexity index is 829. The Morgan fingerprint density at radius 3 is 2.78 bits per heavy atom. The minimum atomic E-state index is -0.658. The van der Waals surface area contributed by atoms with Gasteiger partial charge in [-0.3, -0.25) is 4.79 Å². The molecule has 2 heterocycles. The predicted molar refractivity (Wildman–Crippen MR) is 86.1 cm³/mol. The molecule has 1 atom stereocenters. The molecule has 1 N–H and O–H groups in total. The maximum atomic E-state index is 15.2. The highest BCUT2D eigenvalue weighted by Gasteiger charge is 2.29. The molecule has 1 saturated heterocycles. The van der Waals surface area contributed by atoms with E-state index in [-0.39, 0.29) is 34.1 Å². The summed E-state index contributed by atoms with van der Waals surface area (Å²) in [5.74, 6) is -1.27. The molecular formula is C17H19F2N3O. The molecule has 0 spiro atoms. The van der Waals surface area contributed by atoms with E-state index in [1.807, 2.05) is 6.92 Å². The van der Waals surface area contributed by atoms with Crippen molar-refractivity contribution in [2.45, 2.75) is 31.8 Å². The molecule has 2 fully saturated rings. The van der Waals surface area contributed by atoms with Crippen LogP contribution in [-0.4, -0.2) is 30.2 Å². The predicted octanol–water partition coefficient (Wildman–Crippen LogP) is 2.41. The summed E-state index contributed by atoms with van der Waals surface area (Å²) in [6, 6.07) is 2.97. The second kappa shape index (κ2) is 5.30. The normalized spacial score (nSPS) is 21.9. The molecular weight excluding hydrogens is 300 g/mol. The van der Waals surface area contributed by atoms with Gasteiger partial charge >= 0.3 is 0 Å². The van der Waals surface area contributed by atoms with E-state index in [2.05, 4.69) is 5.32 Å². The maximum Gasteiger partial charge on any atom is 0.189 e. The summed E-state index contributed by atoms with van der Waals surface area (Å²) in [5.41, 5.74) is -0.108. The summed E-state index contributed by atoms with van der Waals surface area (Å²) in [5, 5.41) is 3.39. The van der Waals surface area contributed by atoms with Gasteiger partial charge in [-0.15, -0.1) is 0 Å². The van der Waals surface area contributed by atoms with Crippen LogP contribution in [0.15, 0.2) is 23.1 Å². The van der Waals surface area contributed by atoms with E-state index in [0.717, 1.165) is 12.8 Å². The Kier molecular flexibility index (Phi) is 3.37. The Labute approximate surface area is 132 Å². The van der Waals surface area contributed by atoms with Crippen LogP contribution >= 0.6 is 0 Å². The number of halogens is 2. The summed E-state index contributed by atoms with van der Waals surface area (Å²) in [6.45, 7) is 3.76. The minimum absolute atomic E-state index is 0.00847. The lowest BCUT2D eigenvalue weighted by Gasteiger charge is -2.34. The van der Waals surface area contributed by atoms with Gasteiger partial charge in [-0.05, 0) is 25.8 Å². The van der Waals surface area contributed by atoms with E-state index >= 15 is 4.39 Å². The first-order valence-electron chi connectivity index (χ1n) is 8.07. The molecule has 6 heteroatoms. The van der Waals surface area contributed by atoms with Gasteiger partial charge in [-0.2, -0.15) is 0 Å². The number of benzene rings is 1. The fraction of sp³-hybridized carbons (Fsp3) is 0.471. The van der Waals surface area contributed by atoms with Gasteiger partial charge in [-0.25, -0.2) is 8.78 Å². The van der Waals surface area contributed by atoms with Crippen molar-refractivity contribution in [3.8, 4) is 0 Å². The first-order valence-corrected chi connectivity index (χ1v) is 8.07. The van der Waals surface area contributed by atoms with Crippen LogP contribution in [0.1, 0.15) is 25.8 Å². The third-order valence-corrected chi connectivity index (χ3v) is 4.70. The third-order valence-electron chi connectivity index (χ3n) is 4.70. The van der Waals surface area contributed by atoms with Crippen molar-refractivity contribution in [1.82, 2.24) is 9.88 Å². The number of pyridine rings is 1. The van der Waals surface area contributed by atoms with Gasteiger partial charge < -0.3 is 14.8 Å². The lowest BCUT2D eigenvalue weighted by atomic mass is 10.1. The largest absolute Gasteiger partial charge is 0.364 e. The molecule has 0 amide bonds. The molecule has 1 unspecified atom stereocenters. The molecule has 4 rings (SSSR count). The zero-order valence-electron chi connectivity index (χ0n) is 13.0. The number of rotatable bonds is 2. The quantitative estimate of drug-likeness (QED) is 0.924. The van der Waals surface area contributed by atoms with Crippen molar-refractivity contribution in [1.29, 1.82) is 0 Å². The van der Waals surface area contributed by atoms with Crippen LogP contribution in [0.2, 0.25) is 0 Å². The molecule has 1 saturated carbocycles. The van der Waals surface area contributed by atoms with Crippen molar-refractivity contribution in [3.05, 3.63) is 40.2 Å². The van der Waals surface area contributed by atoms with Crippen molar-refractivity contribution in [3.63, 3.8) is 0 Å². The Morgan fingerprint density at radius 1 is 1.30 bits per heavy atom. The van der Waals surface area contributed by atoms with E-state index in [4.69, 9.17) is 0 Å². The van der Waals surface area contributed by atoms with Crippen LogP contribution in [0.5, 0.6) is 0 Å². The van der Waals surface area contributed by atoms with Gasteiger partial charge in [0.25, 0.3) is 0 Å². The number of hydrogen-bond acceptors (Lipinski definition) is 3. The number of piperazine rings is 1. The molecule has 1 aliphatic carbocycles. The number of nitrogens with zero attached hydrogens (tertiary/aromatic N) is 2. The highest BCUT2D eigenvalue weighted by atomic mass is 19.1. The van der Waals surface area contributed by atoms with Gasteiger partial charge in [0.1, 0.15) is 11.5 Å². The summed E-state index contributed by atoms with van der Waals surface area (Å²) in [6.07, 6.45) is 3.57. The van der Waals surface area contributed by atoms with Gasteiger partial charge in [0, 0.05) is 44.0 Å². The van der Waals surface area contributed by atoms with E-state index in [1.165, 1.54) is 12.1 Å². The van der Waals surface area contributed by atoms with E-state index in [9.17, 15) is 9.18 Å². The standard InChI is InChI=1S/C17H19F2N3O/c1-10-9-21(7-5-20-10)17-13(18)8-12-14(23)4-6-22(11-2-3-11)16(12)15(17)19/h4,6,8,10-11,20H,2-3,5,7,9H2,1H3. The first kappa shape index (κ1) is 14.6. The summed E-state index contributed by atoms with van der Waals surface area (Å²) >= 11 is 0. The minimum Gasteiger partial charge on any atom is -0.364 e. The molecule has 23 heavy (non-hydrogen) atoms. The van der Waals surface area contributed by atoms with Gasteiger partial charge in [0.05, 0.1) is 10.9 Å². The second-order valence-corrected chi connectivity index (χ2v) is 6.54. The molecule has 0 bridgehead atoms. The molecule has 2 aromatic rings. The first-order chi connectivity index (χ1) is 11.1. The van der Waals surface area contributed by atoms with Gasteiger partial charge in [-0.1, -0.05) is 0 Å². The molecule has 4 nitrogen and oxygen atoms in total. The highest BCUT2D eigenvalue weighted by Crippen LogP contribution is 2.39. The number of nitrogens with one attached hydrogen (secondary N) is 1. The lowest BCUT2D eigenvalue weighted by Crippen LogP contribution is -2.49. The number of anilines is 1. The molecule has 1 aliphatic heterocycles. The van der Waals surface area contributed by atoms with Crippen LogP contribution in [0, 0.1) is 11.6 Å². The van der Waals surface area contributed by atoms with Crippen molar-refractivity contribution >= 4 is 16.6 Å². The van der Waals surface area contributed by atoms with Crippen LogP contribution in [0.4, 0.5) is 14.5 Å². The molecule has 122 valence electrons. The zero-order chi connectivity index (χ0) is 16.1. The molecule has 1 aromatic heterocycles. The third kappa shape index (κ3) is 2.41. The van der Waals surface area contributed by atoms with E-state index < -0.39 is 11.6 Å². The molecule has 2 aliphatic rings. The van der Waals surface area contributed by atoms with Crippen molar-refractivity contribution in [2.24, 2.45) is 0 Å². The maximum absolute atomic E-state index is 15.2. The van der Waals surface area contributed by atoms with E-state index in [0.29, 0.717) is 19.6 Å². The van der Waals surface area contributed by atoms with Crippen LogP contribution in [0.3, 0.4) is 0 Å².